The lowest BCUT2D eigenvalue weighted by atomic mass is 9.85. The SMILES string of the molecule is O=C(C1CCC(Nc2nc3cc(F)ccc3o2)CC1)N1CCSCC1. The van der Waals surface area contributed by atoms with Gasteiger partial charge in [-0.25, -0.2) is 4.39 Å². The average Bonchev–Trinajstić information content (AvgIpc) is 3.04. The van der Waals surface area contributed by atoms with Gasteiger partial charge in [0.25, 0.3) is 6.01 Å². The van der Waals surface area contributed by atoms with Crippen molar-refractivity contribution in [2.75, 3.05) is 29.9 Å². The van der Waals surface area contributed by atoms with E-state index >= 15 is 0 Å². The van der Waals surface area contributed by atoms with Gasteiger partial charge in [-0.2, -0.15) is 16.7 Å². The van der Waals surface area contributed by atoms with E-state index in [-0.39, 0.29) is 17.8 Å². The predicted octanol–water partition coefficient (Wildman–Crippen LogP) is 3.51. The summed E-state index contributed by atoms with van der Waals surface area (Å²) in [6.45, 7) is 1.78. The second kappa shape index (κ2) is 7.23. The summed E-state index contributed by atoms with van der Waals surface area (Å²) in [5.41, 5.74) is 1.10. The van der Waals surface area contributed by atoms with Gasteiger partial charge in [-0.15, -0.1) is 0 Å². The Bertz CT molecular complexity index is 752. The molecule has 0 atom stereocenters. The van der Waals surface area contributed by atoms with E-state index in [1.165, 1.54) is 12.1 Å². The molecule has 2 aliphatic rings. The molecule has 7 heteroatoms. The van der Waals surface area contributed by atoms with Crippen LogP contribution in [0, 0.1) is 11.7 Å². The van der Waals surface area contributed by atoms with Gasteiger partial charge in [-0.3, -0.25) is 4.79 Å². The molecule has 2 aromatic rings. The van der Waals surface area contributed by atoms with Gasteiger partial charge in [-0.05, 0) is 37.8 Å². The normalized spacial score (nSPS) is 24.4. The summed E-state index contributed by atoms with van der Waals surface area (Å²) in [6, 6.07) is 5.02. The number of nitrogens with zero attached hydrogens (tertiary/aromatic N) is 2. The third-order valence-corrected chi connectivity index (χ3v) is 6.02. The Hall–Kier alpha value is -1.76. The number of nitrogens with one attached hydrogen (secondary N) is 1. The molecule has 1 saturated carbocycles. The number of thioether (sulfide) groups is 1. The van der Waals surface area contributed by atoms with Crippen LogP contribution in [0.3, 0.4) is 0 Å². The topological polar surface area (TPSA) is 58.4 Å². The van der Waals surface area contributed by atoms with Gasteiger partial charge in [0.15, 0.2) is 5.58 Å². The first-order chi connectivity index (χ1) is 12.2. The standard InChI is InChI=1S/C18H22FN3O2S/c19-13-3-6-16-15(11-13)21-18(24-16)20-14-4-1-12(2-5-14)17(23)22-7-9-25-10-8-22/h3,6,11-12,14H,1-2,4-5,7-10H2,(H,20,21). The molecule has 2 fully saturated rings. The molecule has 1 aromatic carbocycles. The van der Waals surface area contributed by atoms with E-state index in [2.05, 4.69) is 10.3 Å². The summed E-state index contributed by atoms with van der Waals surface area (Å²) in [5.74, 6) is 2.28. The number of carbonyl (C=O) groups is 1. The van der Waals surface area contributed by atoms with E-state index in [0.717, 1.165) is 50.3 Å². The van der Waals surface area contributed by atoms with Crippen LogP contribution in [-0.4, -0.2) is 46.4 Å². The smallest absolute Gasteiger partial charge is 0.295 e. The molecular weight excluding hydrogens is 341 g/mol. The van der Waals surface area contributed by atoms with Crippen molar-refractivity contribution in [3.05, 3.63) is 24.0 Å². The lowest BCUT2D eigenvalue weighted by molar-refractivity contribution is -0.136. The van der Waals surface area contributed by atoms with Crippen LogP contribution in [0.4, 0.5) is 10.4 Å². The molecule has 134 valence electrons. The number of oxazole rings is 1. The zero-order valence-electron chi connectivity index (χ0n) is 14.0. The van der Waals surface area contributed by atoms with Crippen LogP contribution < -0.4 is 5.32 Å². The zero-order valence-corrected chi connectivity index (χ0v) is 14.9. The largest absolute Gasteiger partial charge is 0.424 e. The van der Waals surface area contributed by atoms with Gasteiger partial charge in [0.2, 0.25) is 5.91 Å². The number of carbonyl (C=O) groups excluding carboxylic acids is 1. The molecule has 0 unspecified atom stereocenters. The quantitative estimate of drug-likeness (QED) is 0.904. The van der Waals surface area contributed by atoms with Crippen molar-refractivity contribution in [3.63, 3.8) is 0 Å². The molecule has 0 spiro atoms. The van der Waals surface area contributed by atoms with E-state index in [4.69, 9.17) is 4.42 Å². The highest BCUT2D eigenvalue weighted by atomic mass is 32.2. The number of benzene rings is 1. The third kappa shape index (κ3) is 3.76. The van der Waals surface area contributed by atoms with Crippen LogP contribution in [-0.2, 0) is 4.79 Å². The summed E-state index contributed by atoms with van der Waals surface area (Å²) in [4.78, 5) is 18.9. The highest BCUT2D eigenvalue weighted by Gasteiger charge is 2.30. The van der Waals surface area contributed by atoms with Crippen LogP contribution >= 0.6 is 11.8 Å². The van der Waals surface area contributed by atoms with Crippen molar-refractivity contribution in [2.45, 2.75) is 31.7 Å². The molecule has 0 bridgehead atoms. The summed E-state index contributed by atoms with van der Waals surface area (Å²) in [5, 5.41) is 3.30. The number of hydrogen-bond donors (Lipinski definition) is 1. The first-order valence-corrected chi connectivity index (χ1v) is 10.0. The van der Waals surface area contributed by atoms with E-state index in [1.807, 2.05) is 16.7 Å². The Labute approximate surface area is 150 Å². The first-order valence-electron chi connectivity index (χ1n) is 8.88. The molecule has 0 radical (unpaired) electrons. The summed E-state index contributed by atoms with van der Waals surface area (Å²) in [6.07, 6.45) is 3.64. The summed E-state index contributed by atoms with van der Waals surface area (Å²) >= 11 is 1.92. The third-order valence-electron chi connectivity index (χ3n) is 5.08. The molecular formula is C18H22FN3O2S. The summed E-state index contributed by atoms with van der Waals surface area (Å²) in [7, 11) is 0. The highest BCUT2D eigenvalue weighted by molar-refractivity contribution is 7.99. The lowest BCUT2D eigenvalue weighted by Crippen LogP contribution is -2.43. The predicted molar refractivity (Wildman–Crippen MR) is 97.2 cm³/mol. The maximum absolute atomic E-state index is 13.2. The van der Waals surface area contributed by atoms with E-state index in [9.17, 15) is 9.18 Å². The van der Waals surface area contributed by atoms with Crippen LogP contribution in [0.25, 0.3) is 11.1 Å². The van der Waals surface area contributed by atoms with Gasteiger partial charge < -0.3 is 14.6 Å². The van der Waals surface area contributed by atoms with Gasteiger partial charge in [-0.1, -0.05) is 0 Å². The van der Waals surface area contributed by atoms with E-state index < -0.39 is 0 Å². The Morgan fingerprint density at radius 2 is 2.00 bits per heavy atom. The minimum atomic E-state index is -0.317. The molecule has 25 heavy (non-hydrogen) atoms. The van der Waals surface area contributed by atoms with Gasteiger partial charge in [0, 0.05) is 42.6 Å². The monoisotopic (exact) mass is 363 g/mol. The number of anilines is 1. The molecule has 2 heterocycles. The number of rotatable bonds is 3. The van der Waals surface area contributed by atoms with Gasteiger partial charge in [0.1, 0.15) is 11.3 Å². The maximum Gasteiger partial charge on any atom is 0.295 e. The first kappa shape index (κ1) is 16.7. The molecule has 1 N–H and O–H groups in total. The van der Waals surface area contributed by atoms with Crippen LogP contribution in [0.5, 0.6) is 0 Å². The number of halogens is 1. The van der Waals surface area contributed by atoms with Crippen LogP contribution in [0.2, 0.25) is 0 Å². The Morgan fingerprint density at radius 3 is 2.76 bits per heavy atom. The van der Waals surface area contributed by atoms with Crippen LogP contribution in [0.1, 0.15) is 25.7 Å². The number of aromatic nitrogens is 1. The van der Waals surface area contributed by atoms with E-state index in [0.29, 0.717) is 23.0 Å². The van der Waals surface area contributed by atoms with Gasteiger partial charge in [0.05, 0.1) is 0 Å². The summed E-state index contributed by atoms with van der Waals surface area (Å²) < 4.78 is 18.9. The van der Waals surface area contributed by atoms with Crippen molar-refractivity contribution >= 4 is 34.8 Å². The van der Waals surface area contributed by atoms with Crippen molar-refractivity contribution in [3.8, 4) is 0 Å². The number of hydrogen-bond acceptors (Lipinski definition) is 5. The molecule has 1 amide bonds. The fourth-order valence-electron chi connectivity index (χ4n) is 3.66. The fraction of sp³-hybridized carbons (Fsp3) is 0.556. The van der Waals surface area contributed by atoms with Crippen LogP contribution in [0.15, 0.2) is 22.6 Å². The molecule has 1 aliphatic carbocycles. The fourth-order valence-corrected chi connectivity index (χ4v) is 4.57. The Balaban J connectivity index is 1.32. The highest BCUT2D eigenvalue weighted by Crippen LogP contribution is 2.29. The Morgan fingerprint density at radius 1 is 1.24 bits per heavy atom. The molecule has 1 aromatic heterocycles. The molecule has 5 nitrogen and oxygen atoms in total. The second-order valence-electron chi connectivity index (χ2n) is 6.76. The van der Waals surface area contributed by atoms with Crippen molar-refractivity contribution in [1.29, 1.82) is 0 Å². The number of amides is 1. The maximum atomic E-state index is 13.2. The van der Waals surface area contributed by atoms with Crippen molar-refractivity contribution in [1.82, 2.24) is 9.88 Å². The molecule has 4 rings (SSSR count). The van der Waals surface area contributed by atoms with E-state index in [1.54, 1.807) is 6.07 Å². The second-order valence-corrected chi connectivity index (χ2v) is 7.99. The molecule has 1 aliphatic heterocycles. The minimum Gasteiger partial charge on any atom is -0.424 e. The zero-order chi connectivity index (χ0) is 17.2. The van der Waals surface area contributed by atoms with Crippen molar-refractivity contribution < 1.29 is 13.6 Å². The minimum absolute atomic E-state index is 0.152. The van der Waals surface area contributed by atoms with Gasteiger partial charge >= 0.3 is 0 Å². The Kier molecular flexibility index (Phi) is 4.83. The molecule has 1 saturated heterocycles. The average molecular weight is 363 g/mol. The van der Waals surface area contributed by atoms with Crippen molar-refractivity contribution in [2.24, 2.45) is 5.92 Å². The lowest BCUT2D eigenvalue weighted by Gasteiger charge is -2.33. The number of fused-ring (bicyclic) bond motifs is 1.